The van der Waals surface area contributed by atoms with E-state index in [4.69, 9.17) is 4.74 Å². The summed E-state index contributed by atoms with van der Waals surface area (Å²) in [6.07, 6.45) is 6.71. The van der Waals surface area contributed by atoms with Gasteiger partial charge in [-0.3, -0.25) is 14.7 Å². The summed E-state index contributed by atoms with van der Waals surface area (Å²) in [5, 5.41) is 11.6. The van der Waals surface area contributed by atoms with E-state index in [0.717, 1.165) is 31.5 Å². The lowest BCUT2D eigenvalue weighted by molar-refractivity contribution is 0.156. The van der Waals surface area contributed by atoms with Gasteiger partial charge >= 0.3 is 6.03 Å². The molecule has 136 valence electrons. The van der Waals surface area contributed by atoms with Crippen molar-refractivity contribution < 1.29 is 9.53 Å². The number of nitrogens with one attached hydrogen (secondary N) is 1. The summed E-state index contributed by atoms with van der Waals surface area (Å²) in [5.74, 6) is 0.558. The van der Waals surface area contributed by atoms with Gasteiger partial charge in [-0.15, -0.1) is 0 Å². The van der Waals surface area contributed by atoms with E-state index >= 15 is 0 Å². The largest absolute Gasteiger partial charge is 0.382 e. The second-order valence-corrected chi connectivity index (χ2v) is 6.50. The number of methoxy groups -OCH3 is 1. The molecule has 0 spiro atoms. The molecule has 0 bridgehead atoms. The number of carbonyl (C=O) groups is 1. The van der Waals surface area contributed by atoms with Crippen molar-refractivity contribution in [3.63, 3.8) is 0 Å². The fourth-order valence-electron chi connectivity index (χ4n) is 3.34. The topological polar surface area (TPSA) is 77.2 Å². The average Bonchev–Trinajstić information content (AvgIpc) is 3.24. The predicted octanol–water partition coefficient (Wildman–Crippen LogP) is 2.58. The third kappa shape index (κ3) is 3.84. The van der Waals surface area contributed by atoms with E-state index in [1.54, 1.807) is 18.0 Å². The maximum atomic E-state index is 12.8. The van der Waals surface area contributed by atoms with Gasteiger partial charge in [0, 0.05) is 39.2 Å². The van der Waals surface area contributed by atoms with Crippen LogP contribution in [-0.2, 0) is 11.8 Å². The molecule has 25 heavy (non-hydrogen) atoms. The summed E-state index contributed by atoms with van der Waals surface area (Å²) in [6.45, 7) is 3.33. The zero-order valence-electron chi connectivity index (χ0n) is 15.1. The predicted molar refractivity (Wildman–Crippen MR) is 94.3 cm³/mol. The van der Waals surface area contributed by atoms with Crippen molar-refractivity contribution in [3.05, 3.63) is 30.2 Å². The van der Waals surface area contributed by atoms with Crippen molar-refractivity contribution >= 4 is 11.8 Å². The Morgan fingerprint density at radius 3 is 3.00 bits per heavy atom. The van der Waals surface area contributed by atoms with Crippen molar-refractivity contribution in [1.82, 2.24) is 24.5 Å². The first-order valence-electron chi connectivity index (χ1n) is 8.69. The number of carbonyl (C=O) groups excluding carboxylic acids is 1. The Morgan fingerprint density at radius 2 is 2.28 bits per heavy atom. The molecule has 2 amide bonds. The van der Waals surface area contributed by atoms with Gasteiger partial charge in [-0.2, -0.15) is 10.2 Å². The van der Waals surface area contributed by atoms with Crippen molar-refractivity contribution in [2.45, 2.75) is 38.3 Å². The summed E-state index contributed by atoms with van der Waals surface area (Å²) in [6, 6.07) is 3.85. The van der Waals surface area contributed by atoms with E-state index in [1.807, 2.05) is 41.9 Å². The first-order chi connectivity index (χ1) is 12.1. The number of nitrogens with zero attached hydrogens (tertiary/aromatic N) is 5. The highest BCUT2D eigenvalue weighted by Crippen LogP contribution is 2.30. The molecular weight excluding hydrogens is 320 g/mol. The van der Waals surface area contributed by atoms with Gasteiger partial charge in [-0.25, -0.2) is 4.79 Å². The number of hydrogen-bond acceptors (Lipinski definition) is 4. The SMILES string of the molecule is COC[C@@H](C)n1ccc(NC(=O)N2CCCC[C@H]2c2ccnn2C)n1. The zero-order valence-corrected chi connectivity index (χ0v) is 15.1. The molecule has 1 saturated heterocycles. The van der Waals surface area contributed by atoms with Crippen molar-refractivity contribution in [2.24, 2.45) is 7.05 Å². The van der Waals surface area contributed by atoms with E-state index in [0.29, 0.717) is 12.4 Å². The number of rotatable bonds is 5. The highest BCUT2D eigenvalue weighted by molar-refractivity contribution is 5.88. The van der Waals surface area contributed by atoms with Gasteiger partial charge in [0.25, 0.3) is 0 Å². The Bertz CT molecular complexity index is 710. The number of ether oxygens (including phenoxy) is 1. The summed E-state index contributed by atoms with van der Waals surface area (Å²) in [7, 11) is 3.58. The molecule has 1 aliphatic rings. The highest BCUT2D eigenvalue weighted by Gasteiger charge is 2.30. The van der Waals surface area contributed by atoms with Crippen molar-refractivity contribution in [1.29, 1.82) is 0 Å². The lowest BCUT2D eigenvalue weighted by Crippen LogP contribution is -2.41. The standard InChI is InChI=1S/C17H26N6O2/c1-13(12-25-3)23-11-8-16(20-23)19-17(24)22-10-5-4-6-15(22)14-7-9-18-21(14)2/h7-9,11,13,15H,4-6,10,12H2,1-3H3,(H,19,20,24)/t13-,15+/m1/s1. The van der Waals surface area contributed by atoms with E-state index in [1.165, 1.54) is 0 Å². The third-order valence-electron chi connectivity index (χ3n) is 4.67. The Balaban J connectivity index is 1.70. The molecule has 0 unspecified atom stereocenters. The normalized spacial score (nSPS) is 19.0. The van der Waals surface area contributed by atoms with Gasteiger partial charge < -0.3 is 9.64 Å². The molecular formula is C17H26N6O2. The second kappa shape index (κ2) is 7.69. The Kier molecular flexibility index (Phi) is 5.37. The fraction of sp³-hybridized carbons (Fsp3) is 0.588. The number of anilines is 1. The number of likely N-dealkylation sites (tertiary alicyclic amines) is 1. The van der Waals surface area contributed by atoms with Crippen LogP contribution in [0.5, 0.6) is 0 Å². The van der Waals surface area contributed by atoms with Crippen LogP contribution in [0, 0.1) is 0 Å². The molecule has 1 fully saturated rings. The number of urea groups is 1. The molecule has 1 N–H and O–H groups in total. The van der Waals surface area contributed by atoms with Gasteiger partial charge in [0.1, 0.15) is 0 Å². The molecule has 2 atom stereocenters. The number of aromatic nitrogens is 4. The maximum Gasteiger partial charge on any atom is 0.323 e. The molecule has 1 aliphatic heterocycles. The van der Waals surface area contributed by atoms with Gasteiger partial charge in [-0.1, -0.05) is 0 Å². The van der Waals surface area contributed by atoms with Crippen LogP contribution in [-0.4, -0.2) is 50.8 Å². The molecule has 2 aromatic heterocycles. The minimum atomic E-state index is -0.115. The quantitative estimate of drug-likeness (QED) is 0.903. The molecule has 0 saturated carbocycles. The van der Waals surface area contributed by atoms with Crippen LogP contribution in [0.3, 0.4) is 0 Å². The lowest BCUT2D eigenvalue weighted by atomic mass is 10.00. The van der Waals surface area contributed by atoms with Crippen molar-refractivity contribution in [3.8, 4) is 0 Å². The Morgan fingerprint density at radius 1 is 1.44 bits per heavy atom. The van der Waals surface area contributed by atoms with Gasteiger partial charge in [-0.05, 0) is 32.3 Å². The van der Waals surface area contributed by atoms with Crippen molar-refractivity contribution in [2.75, 3.05) is 25.6 Å². The Hall–Kier alpha value is -2.35. The first-order valence-corrected chi connectivity index (χ1v) is 8.69. The lowest BCUT2D eigenvalue weighted by Gasteiger charge is -2.35. The monoisotopic (exact) mass is 346 g/mol. The molecule has 3 heterocycles. The summed E-state index contributed by atoms with van der Waals surface area (Å²) < 4.78 is 8.79. The molecule has 0 aromatic carbocycles. The molecule has 3 rings (SSSR count). The van der Waals surface area contributed by atoms with Gasteiger partial charge in [0.2, 0.25) is 0 Å². The number of hydrogen-bond donors (Lipinski definition) is 1. The molecule has 8 nitrogen and oxygen atoms in total. The van der Waals surface area contributed by atoms with Crippen LogP contribution in [0.15, 0.2) is 24.5 Å². The average molecular weight is 346 g/mol. The molecule has 8 heteroatoms. The number of piperidine rings is 1. The van der Waals surface area contributed by atoms with Gasteiger partial charge in [0.15, 0.2) is 5.82 Å². The van der Waals surface area contributed by atoms with E-state index in [9.17, 15) is 4.79 Å². The van der Waals surface area contributed by atoms with E-state index < -0.39 is 0 Å². The Labute approximate surface area is 147 Å². The first kappa shape index (κ1) is 17.5. The summed E-state index contributed by atoms with van der Waals surface area (Å²) in [5.41, 5.74) is 1.06. The molecule has 0 aliphatic carbocycles. The van der Waals surface area contributed by atoms with Crippen LogP contribution in [0.4, 0.5) is 10.6 Å². The highest BCUT2D eigenvalue weighted by atomic mass is 16.5. The minimum Gasteiger partial charge on any atom is -0.382 e. The van der Waals surface area contributed by atoms with Crippen LogP contribution < -0.4 is 5.32 Å². The third-order valence-corrected chi connectivity index (χ3v) is 4.67. The van der Waals surface area contributed by atoms with E-state index in [2.05, 4.69) is 15.5 Å². The van der Waals surface area contributed by atoms with Crippen LogP contribution in [0.2, 0.25) is 0 Å². The molecule has 2 aromatic rings. The zero-order chi connectivity index (χ0) is 17.8. The summed E-state index contributed by atoms with van der Waals surface area (Å²) >= 11 is 0. The fourth-order valence-corrected chi connectivity index (χ4v) is 3.34. The summed E-state index contributed by atoms with van der Waals surface area (Å²) in [4.78, 5) is 14.7. The smallest absolute Gasteiger partial charge is 0.323 e. The minimum absolute atomic E-state index is 0.0516. The van der Waals surface area contributed by atoms with Crippen LogP contribution in [0.1, 0.15) is 44.0 Å². The van der Waals surface area contributed by atoms with Crippen LogP contribution in [0.25, 0.3) is 0 Å². The number of amides is 2. The maximum absolute atomic E-state index is 12.8. The van der Waals surface area contributed by atoms with Crippen LogP contribution >= 0.6 is 0 Å². The van der Waals surface area contributed by atoms with E-state index in [-0.39, 0.29) is 18.1 Å². The number of aryl methyl sites for hydroxylation is 1. The molecule has 0 radical (unpaired) electrons. The second-order valence-electron chi connectivity index (χ2n) is 6.50. The van der Waals surface area contributed by atoms with Gasteiger partial charge in [0.05, 0.1) is 24.4 Å².